The van der Waals surface area contributed by atoms with E-state index in [2.05, 4.69) is 28.9 Å². The highest BCUT2D eigenvalue weighted by molar-refractivity contribution is 7.19. The molecule has 168 valence electrons. The fourth-order valence-electron chi connectivity index (χ4n) is 4.12. The van der Waals surface area contributed by atoms with E-state index in [1.54, 1.807) is 11.4 Å². The number of ether oxygens (including phenoxy) is 1. The summed E-state index contributed by atoms with van der Waals surface area (Å²) in [5.41, 5.74) is 2.42. The molecule has 31 heavy (non-hydrogen) atoms. The summed E-state index contributed by atoms with van der Waals surface area (Å²) < 4.78 is 48.9. The van der Waals surface area contributed by atoms with Gasteiger partial charge in [0.1, 0.15) is 5.69 Å². The van der Waals surface area contributed by atoms with Crippen LogP contribution in [0.15, 0.2) is 6.07 Å². The Kier molecular flexibility index (Phi) is 5.95. The van der Waals surface area contributed by atoms with Crippen LogP contribution in [-0.4, -0.2) is 45.9 Å². The van der Waals surface area contributed by atoms with Gasteiger partial charge in [0.25, 0.3) is 0 Å². The molecule has 0 unspecified atom stereocenters. The first-order valence-electron chi connectivity index (χ1n) is 10.5. The molecular weight excluding hydrogens is 427 g/mol. The van der Waals surface area contributed by atoms with Gasteiger partial charge in [0, 0.05) is 18.7 Å². The van der Waals surface area contributed by atoms with Gasteiger partial charge in [-0.15, -0.1) is 0 Å². The summed E-state index contributed by atoms with van der Waals surface area (Å²) in [4.78, 5) is 10.6. The number of alkyl halides is 3. The van der Waals surface area contributed by atoms with Crippen molar-refractivity contribution in [1.29, 1.82) is 0 Å². The number of hydrogen-bond donors (Lipinski definition) is 0. The van der Waals surface area contributed by atoms with E-state index in [4.69, 9.17) is 4.74 Å². The van der Waals surface area contributed by atoms with E-state index in [-0.39, 0.29) is 10.8 Å². The predicted molar refractivity (Wildman–Crippen MR) is 115 cm³/mol. The van der Waals surface area contributed by atoms with E-state index in [1.807, 2.05) is 17.9 Å². The summed E-state index contributed by atoms with van der Waals surface area (Å²) in [6.07, 6.45) is -2.73. The molecule has 4 rings (SSSR count). The van der Waals surface area contributed by atoms with Crippen LogP contribution in [0, 0.1) is 13.8 Å². The second-order valence-corrected chi connectivity index (χ2v) is 8.78. The minimum Gasteiger partial charge on any atom is -0.378 e. The average Bonchev–Trinajstić information content (AvgIpc) is 3.30. The number of anilines is 1. The molecule has 3 aromatic rings. The zero-order valence-corrected chi connectivity index (χ0v) is 18.9. The Morgan fingerprint density at radius 3 is 2.42 bits per heavy atom. The van der Waals surface area contributed by atoms with Crippen molar-refractivity contribution >= 4 is 22.1 Å². The third-order valence-corrected chi connectivity index (χ3v) is 6.84. The summed E-state index contributed by atoms with van der Waals surface area (Å²) in [6.45, 7) is 9.81. The van der Waals surface area contributed by atoms with Crippen molar-refractivity contribution in [1.82, 2.24) is 19.6 Å². The van der Waals surface area contributed by atoms with Crippen molar-refractivity contribution in [2.45, 2.75) is 52.6 Å². The molecule has 0 spiro atoms. The normalized spacial score (nSPS) is 15.4. The van der Waals surface area contributed by atoms with Gasteiger partial charge in [-0.3, -0.25) is 0 Å². The summed E-state index contributed by atoms with van der Waals surface area (Å²) in [7, 11) is 0. The molecule has 1 aliphatic heterocycles. The van der Waals surface area contributed by atoms with E-state index in [1.165, 1.54) is 0 Å². The molecule has 0 radical (unpaired) electrons. The second-order valence-electron chi connectivity index (χ2n) is 7.81. The van der Waals surface area contributed by atoms with Crippen molar-refractivity contribution in [3.05, 3.63) is 28.7 Å². The number of aromatic nitrogens is 4. The van der Waals surface area contributed by atoms with Crippen LogP contribution in [-0.2, 0) is 10.9 Å². The first-order valence-corrected chi connectivity index (χ1v) is 11.3. The molecule has 0 aliphatic carbocycles. The quantitative estimate of drug-likeness (QED) is 0.530. The van der Waals surface area contributed by atoms with Crippen molar-refractivity contribution in [3.63, 3.8) is 0 Å². The van der Waals surface area contributed by atoms with Crippen molar-refractivity contribution < 1.29 is 17.9 Å². The number of rotatable bonds is 5. The highest BCUT2D eigenvalue weighted by Gasteiger charge is 2.40. The molecule has 1 fully saturated rings. The molecule has 3 aromatic heterocycles. The van der Waals surface area contributed by atoms with Gasteiger partial charge in [0.05, 0.1) is 29.5 Å². The average molecular weight is 454 g/mol. The lowest BCUT2D eigenvalue weighted by Gasteiger charge is -2.26. The minimum atomic E-state index is -4.57. The number of morpholine rings is 1. The standard InChI is InChI=1S/C21H26F3N5OS/c1-5-14(6-2)15-11-12(3)27-29-16(13(4)25-19(15)29)17-18(21(22,23)24)26-20(31-17)28-7-9-30-10-8-28/h11,14H,5-10H2,1-4H3. The summed E-state index contributed by atoms with van der Waals surface area (Å²) in [5, 5.41) is 4.92. The number of aryl methyl sites for hydroxylation is 2. The van der Waals surface area contributed by atoms with Crippen LogP contribution in [0.25, 0.3) is 16.2 Å². The second kappa shape index (κ2) is 8.38. The zero-order valence-electron chi connectivity index (χ0n) is 18.1. The first kappa shape index (κ1) is 22.0. The van der Waals surface area contributed by atoms with Gasteiger partial charge in [-0.2, -0.15) is 18.3 Å². The Balaban J connectivity index is 1.94. The zero-order chi connectivity index (χ0) is 22.3. The smallest absolute Gasteiger partial charge is 0.378 e. The van der Waals surface area contributed by atoms with E-state index < -0.39 is 11.9 Å². The Labute approximate surface area is 183 Å². The van der Waals surface area contributed by atoms with Crippen molar-refractivity contribution in [2.75, 3.05) is 31.2 Å². The molecule has 1 aliphatic rings. The van der Waals surface area contributed by atoms with Gasteiger partial charge in [-0.1, -0.05) is 25.2 Å². The van der Waals surface area contributed by atoms with Crippen LogP contribution < -0.4 is 4.90 Å². The molecule has 0 aromatic carbocycles. The molecule has 6 nitrogen and oxygen atoms in total. The topological polar surface area (TPSA) is 55.5 Å². The number of fused-ring (bicyclic) bond motifs is 1. The Morgan fingerprint density at radius 2 is 1.81 bits per heavy atom. The van der Waals surface area contributed by atoms with Crippen molar-refractivity contribution in [3.8, 4) is 10.6 Å². The molecule has 10 heteroatoms. The maximum absolute atomic E-state index is 14.0. The lowest BCUT2D eigenvalue weighted by atomic mass is 9.95. The third-order valence-electron chi connectivity index (χ3n) is 5.72. The monoisotopic (exact) mass is 453 g/mol. The number of hydrogen-bond acceptors (Lipinski definition) is 6. The lowest BCUT2D eigenvalue weighted by molar-refractivity contribution is -0.140. The van der Waals surface area contributed by atoms with Crippen LogP contribution in [0.5, 0.6) is 0 Å². The fourth-order valence-corrected chi connectivity index (χ4v) is 5.34. The van der Waals surface area contributed by atoms with E-state index in [0.29, 0.717) is 48.5 Å². The molecule has 4 heterocycles. The molecule has 0 N–H and O–H groups in total. The SMILES string of the molecule is CCC(CC)c1cc(C)nn2c(-c3sc(N4CCOCC4)nc3C(F)(F)F)c(C)nc12. The molecule has 0 bridgehead atoms. The predicted octanol–water partition coefficient (Wildman–Crippen LogP) is 5.23. The number of nitrogens with zero attached hydrogens (tertiary/aromatic N) is 5. The van der Waals surface area contributed by atoms with Crippen LogP contribution in [0.3, 0.4) is 0 Å². The maximum Gasteiger partial charge on any atom is 0.434 e. The van der Waals surface area contributed by atoms with Gasteiger partial charge in [-0.05, 0) is 38.7 Å². The van der Waals surface area contributed by atoms with Crippen LogP contribution in [0.2, 0.25) is 0 Å². The van der Waals surface area contributed by atoms with Gasteiger partial charge in [0.2, 0.25) is 0 Å². The largest absolute Gasteiger partial charge is 0.434 e. The first-order chi connectivity index (χ1) is 14.7. The lowest BCUT2D eigenvalue weighted by Crippen LogP contribution is -2.36. The highest BCUT2D eigenvalue weighted by atomic mass is 32.1. The van der Waals surface area contributed by atoms with Crippen LogP contribution in [0.1, 0.15) is 55.3 Å². The molecule has 0 saturated carbocycles. The fraction of sp³-hybridized carbons (Fsp3) is 0.571. The highest BCUT2D eigenvalue weighted by Crippen LogP contribution is 2.44. The molecule has 0 amide bonds. The minimum absolute atomic E-state index is 0.0626. The maximum atomic E-state index is 14.0. The molecule has 1 saturated heterocycles. The van der Waals surface area contributed by atoms with E-state index >= 15 is 0 Å². The summed E-state index contributed by atoms with van der Waals surface area (Å²) >= 11 is 1.05. The van der Waals surface area contributed by atoms with Gasteiger partial charge >= 0.3 is 6.18 Å². The van der Waals surface area contributed by atoms with E-state index in [0.717, 1.165) is 35.4 Å². The number of imidazole rings is 1. The summed E-state index contributed by atoms with van der Waals surface area (Å²) in [5.74, 6) is 0.270. The Bertz CT molecular complexity index is 1080. The van der Waals surface area contributed by atoms with Gasteiger partial charge < -0.3 is 9.64 Å². The Morgan fingerprint density at radius 1 is 1.13 bits per heavy atom. The van der Waals surface area contributed by atoms with Gasteiger partial charge in [0.15, 0.2) is 16.5 Å². The molecule has 0 atom stereocenters. The molecular formula is C21H26F3N5OS. The summed E-state index contributed by atoms with van der Waals surface area (Å²) in [6, 6.07) is 2.00. The van der Waals surface area contributed by atoms with Gasteiger partial charge in [-0.25, -0.2) is 14.5 Å². The van der Waals surface area contributed by atoms with E-state index in [9.17, 15) is 13.2 Å². The number of halogens is 3. The van der Waals surface area contributed by atoms with Crippen molar-refractivity contribution in [2.24, 2.45) is 0 Å². The number of thiazole rings is 1. The third kappa shape index (κ3) is 4.03. The van der Waals surface area contributed by atoms with Crippen LogP contribution in [0.4, 0.5) is 18.3 Å². The Hall–Kier alpha value is -2.20. The van der Waals surface area contributed by atoms with Crippen LogP contribution >= 0.6 is 11.3 Å².